The van der Waals surface area contributed by atoms with Crippen molar-refractivity contribution in [3.05, 3.63) is 66.2 Å². The molecule has 2 aromatic carbocycles. The number of carbonyl (C=O) groups excluding carboxylic acids is 2. The average Bonchev–Trinajstić information content (AvgIpc) is 2.84. The molecule has 0 radical (unpaired) electrons. The Morgan fingerprint density at radius 2 is 1.60 bits per heavy atom. The number of hydrogen-bond donors (Lipinski definition) is 7. The molecule has 0 saturated carbocycles. The molecule has 35 heavy (non-hydrogen) atoms. The molecule has 10 heteroatoms. The lowest BCUT2D eigenvalue weighted by atomic mass is 10.0. The summed E-state index contributed by atoms with van der Waals surface area (Å²) in [6.07, 6.45) is 1.87. The fourth-order valence-corrected chi connectivity index (χ4v) is 3.55. The van der Waals surface area contributed by atoms with Crippen LogP contribution in [-0.2, 0) is 20.8 Å². The summed E-state index contributed by atoms with van der Waals surface area (Å²) < 4.78 is 0. The molecule has 0 aromatic heterocycles. The van der Waals surface area contributed by atoms with Gasteiger partial charge in [0.25, 0.3) is 5.91 Å². The van der Waals surface area contributed by atoms with E-state index in [1.807, 2.05) is 36.4 Å². The van der Waals surface area contributed by atoms with E-state index in [0.717, 1.165) is 5.56 Å². The largest absolute Gasteiger partial charge is 0.477 e. The molecule has 2 aromatic rings. The number of aryl methyl sites for hydroxylation is 1. The van der Waals surface area contributed by atoms with Gasteiger partial charge < -0.3 is 21.1 Å². The van der Waals surface area contributed by atoms with Gasteiger partial charge in [0.1, 0.15) is 6.04 Å². The van der Waals surface area contributed by atoms with E-state index in [2.05, 4.69) is 15.6 Å². The van der Waals surface area contributed by atoms with E-state index in [4.69, 9.17) is 11.5 Å². The molecule has 2 rings (SSSR count). The minimum Gasteiger partial charge on any atom is -0.477 e. The molecule has 3 atom stereocenters. The lowest BCUT2D eigenvalue weighted by Gasteiger charge is -2.22. The highest BCUT2D eigenvalue weighted by Gasteiger charge is 2.30. The highest BCUT2D eigenvalue weighted by Crippen LogP contribution is 2.09. The SMILES string of the molecule is C[C@@H]([NH2+][C@@H](CCc1ccccc1)C(=O)N[C@@H](CCC[NH+]=C(N)N)C(=O)Nc1ccccc1)C(=O)O. The number of rotatable bonds is 14. The molecule has 0 heterocycles. The number of benzene rings is 2. The third-order valence-electron chi connectivity index (χ3n) is 5.51. The number of aliphatic carboxylic acids is 1. The number of carboxylic acids is 1. The van der Waals surface area contributed by atoms with E-state index in [9.17, 15) is 19.5 Å². The van der Waals surface area contributed by atoms with Crippen LogP contribution in [0.3, 0.4) is 0 Å². The summed E-state index contributed by atoms with van der Waals surface area (Å²) in [5.74, 6) is -1.68. The Morgan fingerprint density at radius 1 is 0.971 bits per heavy atom. The molecule has 10 nitrogen and oxygen atoms in total. The van der Waals surface area contributed by atoms with Gasteiger partial charge in [-0.3, -0.25) is 26.0 Å². The van der Waals surface area contributed by atoms with E-state index in [-0.39, 0.29) is 17.8 Å². The monoisotopic (exact) mass is 484 g/mol. The van der Waals surface area contributed by atoms with Crippen molar-refractivity contribution in [2.24, 2.45) is 11.5 Å². The number of carbonyl (C=O) groups is 3. The predicted molar refractivity (Wildman–Crippen MR) is 133 cm³/mol. The van der Waals surface area contributed by atoms with Crippen LogP contribution in [0.1, 0.15) is 31.7 Å². The van der Waals surface area contributed by atoms with Crippen molar-refractivity contribution >= 4 is 29.4 Å². The number of guanidine groups is 1. The molecule has 0 bridgehead atoms. The lowest BCUT2D eigenvalue weighted by molar-refractivity contribution is -0.696. The second-order valence-corrected chi connectivity index (χ2v) is 8.39. The normalized spacial score (nSPS) is 13.2. The van der Waals surface area contributed by atoms with Crippen LogP contribution < -0.4 is 32.4 Å². The van der Waals surface area contributed by atoms with Crippen LogP contribution >= 0.6 is 0 Å². The zero-order chi connectivity index (χ0) is 25.6. The smallest absolute Gasteiger partial charge is 0.362 e. The fraction of sp³-hybridized carbons (Fsp3) is 0.360. The Labute approximate surface area is 205 Å². The minimum atomic E-state index is -1.01. The number of para-hydroxylation sites is 1. The molecule has 2 amide bonds. The van der Waals surface area contributed by atoms with Crippen LogP contribution in [-0.4, -0.2) is 53.5 Å². The summed E-state index contributed by atoms with van der Waals surface area (Å²) in [6, 6.07) is 16.3. The van der Waals surface area contributed by atoms with E-state index in [1.165, 1.54) is 12.2 Å². The maximum atomic E-state index is 13.3. The Morgan fingerprint density at radius 3 is 2.20 bits per heavy atom. The van der Waals surface area contributed by atoms with Gasteiger partial charge in [-0.25, -0.2) is 4.79 Å². The Hall–Kier alpha value is -3.92. The third-order valence-corrected chi connectivity index (χ3v) is 5.51. The van der Waals surface area contributed by atoms with Gasteiger partial charge in [0.15, 0.2) is 12.1 Å². The number of nitrogens with two attached hydrogens (primary N) is 3. The first kappa shape index (κ1) is 27.3. The van der Waals surface area contributed by atoms with Gasteiger partial charge in [0.05, 0.1) is 6.54 Å². The second kappa shape index (κ2) is 14.4. The first-order valence-electron chi connectivity index (χ1n) is 11.7. The fourth-order valence-electron chi connectivity index (χ4n) is 3.55. The van der Waals surface area contributed by atoms with Crippen molar-refractivity contribution in [2.45, 2.75) is 50.7 Å². The molecular formula is C25H36N6O4+2. The molecular weight excluding hydrogens is 448 g/mol. The molecule has 0 aliphatic heterocycles. The quantitative estimate of drug-likeness (QED) is 0.0952. The van der Waals surface area contributed by atoms with Crippen LogP contribution in [0.4, 0.5) is 5.69 Å². The lowest BCUT2D eigenvalue weighted by Crippen LogP contribution is -2.98. The molecule has 0 spiro atoms. The van der Waals surface area contributed by atoms with E-state index in [1.54, 1.807) is 24.3 Å². The summed E-state index contributed by atoms with van der Waals surface area (Å²) in [5.41, 5.74) is 12.5. The van der Waals surface area contributed by atoms with Crippen LogP contribution in [0.15, 0.2) is 60.7 Å². The number of carboxylic acid groups (broad SMARTS) is 1. The topological polar surface area (TPSA) is 178 Å². The first-order valence-corrected chi connectivity index (χ1v) is 11.7. The summed E-state index contributed by atoms with van der Waals surface area (Å²) in [7, 11) is 0. The van der Waals surface area contributed by atoms with Crippen molar-refractivity contribution in [1.82, 2.24) is 5.32 Å². The van der Waals surface area contributed by atoms with Crippen LogP contribution in [0.5, 0.6) is 0 Å². The van der Waals surface area contributed by atoms with Crippen LogP contribution in [0, 0.1) is 0 Å². The zero-order valence-corrected chi connectivity index (χ0v) is 19.9. The summed E-state index contributed by atoms with van der Waals surface area (Å²) >= 11 is 0. The zero-order valence-electron chi connectivity index (χ0n) is 19.9. The van der Waals surface area contributed by atoms with Gasteiger partial charge in [-0.1, -0.05) is 48.5 Å². The average molecular weight is 485 g/mol. The molecule has 0 aliphatic rings. The maximum absolute atomic E-state index is 13.3. The predicted octanol–water partition coefficient (Wildman–Crippen LogP) is -1.72. The van der Waals surface area contributed by atoms with Gasteiger partial charge in [-0.05, 0) is 43.9 Å². The molecule has 0 saturated heterocycles. The van der Waals surface area contributed by atoms with Crippen molar-refractivity contribution in [3.8, 4) is 0 Å². The second-order valence-electron chi connectivity index (χ2n) is 8.39. The highest BCUT2D eigenvalue weighted by atomic mass is 16.4. The van der Waals surface area contributed by atoms with Crippen LogP contribution in [0.25, 0.3) is 0 Å². The van der Waals surface area contributed by atoms with Crippen LogP contribution in [0.2, 0.25) is 0 Å². The summed E-state index contributed by atoms with van der Waals surface area (Å²) in [6.45, 7) is 1.97. The standard InChI is InChI=1S/C25H34N6O4/c1-17(24(34)35)29-21(15-14-18-9-4-2-5-10-18)23(33)31-20(13-8-16-28-25(26)27)22(32)30-19-11-6-3-7-12-19/h2-7,9-12,17,20-21,29H,8,13-16H2,1H3,(H,30,32)(H,31,33)(H,34,35)(H4,26,27,28)/p+2/t17-,20+,21+/m1/s1. The van der Waals surface area contributed by atoms with Crippen molar-refractivity contribution in [3.63, 3.8) is 0 Å². The van der Waals surface area contributed by atoms with E-state index < -0.39 is 24.1 Å². The Bertz CT molecular complexity index is 980. The first-order chi connectivity index (χ1) is 16.8. The van der Waals surface area contributed by atoms with Crippen molar-refractivity contribution in [2.75, 3.05) is 11.9 Å². The number of hydrogen-bond acceptors (Lipinski definition) is 3. The van der Waals surface area contributed by atoms with Crippen molar-refractivity contribution < 1.29 is 29.8 Å². The number of nitrogens with one attached hydrogen (secondary N) is 3. The number of amides is 2. The highest BCUT2D eigenvalue weighted by molar-refractivity contribution is 5.97. The van der Waals surface area contributed by atoms with Gasteiger partial charge in [-0.15, -0.1) is 0 Å². The Balaban J connectivity index is 2.13. The molecule has 0 aliphatic carbocycles. The number of anilines is 1. The number of quaternary nitrogens is 1. The van der Waals surface area contributed by atoms with E-state index in [0.29, 0.717) is 37.9 Å². The summed E-state index contributed by atoms with van der Waals surface area (Å²) in [4.78, 5) is 40.5. The van der Waals surface area contributed by atoms with Gasteiger partial charge in [-0.2, -0.15) is 0 Å². The molecule has 188 valence electrons. The van der Waals surface area contributed by atoms with Crippen molar-refractivity contribution in [1.29, 1.82) is 0 Å². The minimum absolute atomic E-state index is 0.0811. The molecule has 0 unspecified atom stereocenters. The third kappa shape index (κ3) is 10.3. The van der Waals surface area contributed by atoms with E-state index >= 15 is 0 Å². The maximum Gasteiger partial charge on any atom is 0.362 e. The van der Waals surface area contributed by atoms with Gasteiger partial charge in [0.2, 0.25) is 5.91 Å². The Kier molecular flexibility index (Phi) is 11.2. The molecule has 10 N–H and O–H groups in total. The van der Waals surface area contributed by atoms with Gasteiger partial charge >= 0.3 is 11.9 Å². The van der Waals surface area contributed by atoms with Gasteiger partial charge in [0, 0.05) is 12.1 Å². The summed E-state index contributed by atoms with van der Waals surface area (Å²) in [5, 5.41) is 16.5. The molecule has 0 fully saturated rings.